The molecule has 19 heavy (non-hydrogen) atoms. The van der Waals surface area contributed by atoms with E-state index in [0.29, 0.717) is 19.6 Å². The standard InChI is InChI=1S/C13H24BrN3O2/c1-4-6-15-7-5-13(2,18)12-11(14)10-16-17(12)8-9-19-3/h10,15,18H,4-9H2,1-3H3. The molecule has 0 aliphatic heterocycles. The summed E-state index contributed by atoms with van der Waals surface area (Å²) in [5.41, 5.74) is -0.105. The Labute approximate surface area is 123 Å². The van der Waals surface area contributed by atoms with Crippen molar-refractivity contribution in [3.63, 3.8) is 0 Å². The van der Waals surface area contributed by atoms with Gasteiger partial charge in [-0.3, -0.25) is 4.68 Å². The Morgan fingerprint density at radius 1 is 1.53 bits per heavy atom. The quantitative estimate of drug-likeness (QED) is 0.677. The molecule has 0 saturated carbocycles. The van der Waals surface area contributed by atoms with Crippen LogP contribution < -0.4 is 5.32 Å². The van der Waals surface area contributed by atoms with E-state index in [1.165, 1.54) is 0 Å². The molecule has 1 unspecified atom stereocenters. The van der Waals surface area contributed by atoms with Crippen molar-refractivity contribution in [2.75, 3.05) is 26.8 Å². The highest BCUT2D eigenvalue weighted by atomic mass is 79.9. The van der Waals surface area contributed by atoms with Crippen molar-refractivity contribution in [2.45, 2.75) is 38.8 Å². The van der Waals surface area contributed by atoms with Crippen LogP contribution in [0.5, 0.6) is 0 Å². The molecule has 1 heterocycles. The fraction of sp³-hybridized carbons (Fsp3) is 0.769. The Morgan fingerprint density at radius 3 is 2.89 bits per heavy atom. The third-order valence-corrected chi connectivity index (χ3v) is 3.61. The number of ether oxygens (including phenoxy) is 1. The molecule has 0 fully saturated rings. The van der Waals surface area contributed by atoms with Crippen LogP contribution >= 0.6 is 15.9 Å². The summed E-state index contributed by atoms with van der Waals surface area (Å²) in [6.07, 6.45) is 3.46. The summed E-state index contributed by atoms with van der Waals surface area (Å²) < 4.78 is 7.70. The number of aromatic nitrogens is 2. The van der Waals surface area contributed by atoms with E-state index in [2.05, 4.69) is 33.3 Å². The minimum absolute atomic E-state index is 0.575. The first-order chi connectivity index (χ1) is 9.03. The second kappa shape index (κ2) is 7.99. The second-order valence-electron chi connectivity index (χ2n) is 4.83. The Balaban J connectivity index is 2.72. The first-order valence-electron chi connectivity index (χ1n) is 6.66. The fourth-order valence-electron chi connectivity index (χ4n) is 2.00. The van der Waals surface area contributed by atoms with Gasteiger partial charge in [-0.2, -0.15) is 5.10 Å². The zero-order chi connectivity index (χ0) is 14.3. The maximum atomic E-state index is 10.7. The molecule has 0 aliphatic rings. The molecule has 0 saturated heterocycles. The minimum atomic E-state index is -0.913. The molecule has 0 spiro atoms. The van der Waals surface area contributed by atoms with Crippen molar-refractivity contribution >= 4 is 15.9 Å². The van der Waals surface area contributed by atoms with E-state index in [-0.39, 0.29) is 0 Å². The molecule has 1 aromatic heterocycles. The van der Waals surface area contributed by atoms with Crippen LogP contribution in [0.1, 0.15) is 32.4 Å². The van der Waals surface area contributed by atoms with Gasteiger partial charge < -0.3 is 15.2 Å². The summed E-state index contributed by atoms with van der Waals surface area (Å²) >= 11 is 3.46. The van der Waals surface area contributed by atoms with E-state index < -0.39 is 5.60 Å². The van der Waals surface area contributed by atoms with Crippen molar-refractivity contribution in [1.29, 1.82) is 0 Å². The highest BCUT2D eigenvalue weighted by molar-refractivity contribution is 9.10. The molecule has 1 aromatic rings. The van der Waals surface area contributed by atoms with Crippen molar-refractivity contribution in [3.8, 4) is 0 Å². The minimum Gasteiger partial charge on any atom is -0.384 e. The fourth-order valence-corrected chi connectivity index (χ4v) is 2.72. The summed E-state index contributed by atoms with van der Waals surface area (Å²) in [6, 6.07) is 0. The van der Waals surface area contributed by atoms with Gasteiger partial charge in [-0.25, -0.2) is 0 Å². The van der Waals surface area contributed by atoms with Crippen LogP contribution in [-0.2, 0) is 16.9 Å². The number of hydrogen-bond acceptors (Lipinski definition) is 4. The van der Waals surface area contributed by atoms with Gasteiger partial charge in [-0.15, -0.1) is 0 Å². The number of methoxy groups -OCH3 is 1. The first-order valence-corrected chi connectivity index (χ1v) is 7.46. The lowest BCUT2D eigenvalue weighted by Crippen LogP contribution is -2.31. The molecule has 0 bridgehead atoms. The van der Waals surface area contributed by atoms with Gasteiger partial charge in [0.1, 0.15) is 5.60 Å². The summed E-state index contributed by atoms with van der Waals surface area (Å²) in [5, 5.41) is 18.2. The van der Waals surface area contributed by atoms with Gasteiger partial charge in [0.05, 0.1) is 29.5 Å². The van der Waals surface area contributed by atoms with Crippen LogP contribution in [0, 0.1) is 0 Å². The van der Waals surface area contributed by atoms with Gasteiger partial charge in [-0.05, 0) is 48.8 Å². The molecular formula is C13H24BrN3O2. The van der Waals surface area contributed by atoms with E-state index in [0.717, 1.165) is 29.7 Å². The van der Waals surface area contributed by atoms with Gasteiger partial charge in [0.2, 0.25) is 0 Å². The van der Waals surface area contributed by atoms with Crippen LogP contribution in [0.2, 0.25) is 0 Å². The lowest BCUT2D eigenvalue weighted by Gasteiger charge is -2.25. The third-order valence-electron chi connectivity index (χ3n) is 3.03. The van der Waals surface area contributed by atoms with Crippen LogP contribution in [0.4, 0.5) is 0 Å². The van der Waals surface area contributed by atoms with E-state index in [9.17, 15) is 5.11 Å². The molecule has 0 aromatic carbocycles. The predicted molar refractivity (Wildman–Crippen MR) is 79.2 cm³/mol. The van der Waals surface area contributed by atoms with Crippen LogP contribution in [0.3, 0.4) is 0 Å². The van der Waals surface area contributed by atoms with Crippen LogP contribution in [0.15, 0.2) is 10.7 Å². The maximum absolute atomic E-state index is 10.7. The average Bonchev–Trinajstić information content (AvgIpc) is 2.74. The van der Waals surface area contributed by atoms with Crippen LogP contribution in [-0.4, -0.2) is 41.7 Å². The normalized spacial score (nSPS) is 14.6. The zero-order valence-electron chi connectivity index (χ0n) is 11.9. The van der Waals surface area contributed by atoms with Gasteiger partial charge >= 0.3 is 0 Å². The molecule has 6 heteroatoms. The summed E-state index contributed by atoms with van der Waals surface area (Å²) in [4.78, 5) is 0. The molecule has 5 nitrogen and oxygen atoms in total. The number of hydrogen-bond donors (Lipinski definition) is 2. The SMILES string of the molecule is CCCNCCC(C)(O)c1c(Br)cnn1CCOC. The van der Waals surface area contributed by atoms with Crippen LogP contribution in [0.25, 0.3) is 0 Å². The molecule has 1 atom stereocenters. The average molecular weight is 334 g/mol. The first kappa shape index (κ1) is 16.6. The zero-order valence-corrected chi connectivity index (χ0v) is 13.5. The molecule has 0 radical (unpaired) electrons. The van der Waals surface area contributed by atoms with Crippen molar-refractivity contribution in [1.82, 2.24) is 15.1 Å². The van der Waals surface area contributed by atoms with E-state index in [1.807, 2.05) is 6.92 Å². The van der Waals surface area contributed by atoms with Gasteiger partial charge in [-0.1, -0.05) is 6.92 Å². The smallest absolute Gasteiger partial charge is 0.106 e. The van der Waals surface area contributed by atoms with Gasteiger partial charge in [0.15, 0.2) is 0 Å². The monoisotopic (exact) mass is 333 g/mol. The third kappa shape index (κ3) is 4.87. The highest BCUT2D eigenvalue weighted by Crippen LogP contribution is 2.30. The number of halogens is 1. The molecule has 1 rings (SSSR count). The van der Waals surface area contributed by atoms with E-state index in [4.69, 9.17) is 4.74 Å². The Kier molecular flexibility index (Phi) is 6.99. The number of nitrogens with one attached hydrogen (secondary N) is 1. The molecular weight excluding hydrogens is 310 g/mol. The van der Waals surface area contributed by atoms with E-state index >= 15 is 0 Å². The molecule has 0 amide bonds. The van der Waals surface area contributed by atoms with Gasteiger partial charge in [0.25, 0.3) is 0 Å². The van der Waals surface area contributed by atoms with Gasteiger partial charge in [0, 0.05) is 7.11 Å². The predicted octanol–water partition coefficient (Wildman–Crippen LogP) is 1.89. The topological polar surface area (TPSA) is 59.3 Å². The molecule has 2 N–H and O–H groups in total. The highest BCUT2D eigenvalue weighted by Gasteiger charge is 2.29. The summed E-state index contributed by atoms with van der Waals surface area (Å²) in [7, 11) is 1.66. The Bertz CT molecular complexity index is 380. The summed E-state index contributed by atoms with van der Waals surface area (Å²) in [5.74, 6) is 0. The van der Waals surface area contributed by atoms with Crippen molar-refractivity contribution in [2.24, 2.45) is 0 Å². The summed E-state index contributed by atoms with van der Waals surface area (Å²) in [6.45, 7) is 6.91. The molecule has 0 aliphatic carbocycles. The number of rotatable bonds is 9. The molecule has 110 valence electrons. The lowest BCUT2D eigenvalue weighted by molar-refractivity contribution is 0.0363. The van der Waals surface area contributed by atoms with E-state index in [1.54, 1.807) is 18.0 Å². The Morgan fingerprint density at radius 2 is 2.26 bits per heavy atom. The number of nitrogens with zero attached hydrogens (tertiary/aromatic N) is 2. The number of aliphatic hydroxyl groups is 1. The second-order valence-corrected chi connectivity index (χ2v) is 5.69. The van der Waals surface area contributed by atoms with Crippen molar-refractivity contribution < 1.29 is 9.84 Å². The van der Waals surface area contributed by atoms with Crippen molar-refractivity contribution in [3.05, 3.63) is 16.4 Å². The largest absolute Gasteiger partial charge is 0.384 e. The lowest BCUT2D eigenvalue weighted by atomic mass is 9.98. The maximum Gasteiger partial charge on any atom is 0.106 e. The Hall–Kier alpha value is -0.430.